The normalized spacial score (nSPS) is 10.3. The van der Waals surface area contributed by atoms with Gasteiger partial charge in [0.25, 0.3) is 5.56 Å². The number of aromatic nitrogens is 1. The number of H-pyrrole nitrogens is 1. The Morgan fingerprint density at radius 2 is 1.89 bits per heavy atom. The molecule has 1 heterocycles. The number of nitrogens with zero attached hydrogens (tertiary/aromatic N) is 1. The van der Waals surface area contributed by atoms with E-state index in [0.717, 1.165) is 21.3 Å². The summed E-state index contributed by atoms with van der Waals surface area (Å²) in [5.41, 5.74) is 2.56. The molecule has 1 N–H and O–H groups in total. The number of rotatable bonds is 5. The number of halogens is 1. The zero-order valence-electron chi connectivity index (χ0n) is 14.9. The fourth-order valence-corrected chi connectivity index (χ4v) is 3.04. The van der Waals surface area contributed by atoms with Gasteiger partial charge < -0.3 is 14.5 Å². The van der Waals surface area contributed by atoms with E-state index in [4.69, 9.17) is 9.47 Å². The van der Waals surface area contributed by atoms with Gasteiger partial charge in [-0.15, -0.1) is 0 Å². The van der Waals surface area contributed by atoms with E-state index in [2.05, 4.69) is 20.9 Å². The molecule has 0 aliphatic heterocycles. The summed E-state index contributed by atoms with van der Waals surface area (Å²) in [6.07, 6.45) is 0. The molecule has 0 amide bonds. The standard InChI is InChI=1S/C21H17BrN2O3/c1-13-9-18(19(11-23)21(25)24-13)14-3-8-20(26-2)15(10-14)12-27-17-6-4-16(22)5-7-17/h3-10H,12H2,1-2H3,(H,24,25). The van der Waals surface area contributed by atoms with Crippen molar-refractivity contribution in [2.75, 3.05) is 7.11 Å². The Hall–Kier alpha value is -3.04. The van der Waals surface area contributed by atoms with E-state index in [0.29, 0.717) is 23.6 Å². The lowest BCUT2D eigenvalue weighted by Crippen LogP contribution is -2.12. The van der Waals surface area contributed by atoms with E-state index < -0.39 is 5.56 Å². The summed E-state index contributed by atoms with van der Waals surface area (Å²) in [6, 6.07) is 16.9. The van der Waals surface area contributed by atoms with Gasteiger partial charge in [-0.3, -0.25) is 4.79 Å². The van der Waals surface area contributed by atoms with Crippen LogP contribution in [0.3, 0.4) is 0 Å². The fraction of sp³-hybridized carbons (Fsp3) is 0.143. The summed E-state index contributed by atoms with van der Waals surface area (Å²) in [5.74, 6) is 1.41. The molecule has 0 saturated heterocycles. The molecular formula is C21H17BrN2O3. The first kappa shape index (κ1) is 18.7. The predicted molar refractivity (Wildman–Crippen MR) is 107 cm³/mol. The first-order valence-corrected chi connectivity index (χ1v) is 9.01. The summed E-state index contributed by atoms with van der Waals surface area (Å²) < 4.78 is 12.3. The maximum atomic E-state index is 12.1. The van der Waals surface area contributed by atoms with Crippen LogP contribution < -0.4 is 15.0 Å². The minimum absolute atomic E-state index is 0.0885. The van der Waals surface area contributed by atoms with Crippen LogP contribution in [0.4, 0.5) is 0 Å². The van der Waals surface area contributed by atoms with E-state index in [1.807, 2.05) is 48.5 Å². The van der Waals surface area contributed by atoms with Crippen molar-refractivity contribution in [2.45, 2.75) is 13.5 Å². The van der Waals surface area contributed by atoms with Gasteiger partial charge in [-0.1, -0.05) is 22.0 Å². The van der Waals surface area contributed by atoms with Crippen molar-refractivity contribution in [3.8, 4) is 28.7 Å². The number of nitrogens with one attached hydrogen (secondary N) is 1. The molecule has 3 aromatic rings. The lowest BCUT2D eigenvalue weighted by molar-refractivity contribution is 0.296. The van der Waals surface area contributed by atoms with Gasteiger partial charge in [0.1, 0.15) is 29.7 Å². The van der Waals surface area contributed by atoms with E-state index in [9.17, 15) is 10.1 Å². The summed E-state index contributed by atoms with van der Waals surface area (Å²) in [7, 11) is 1.59. The van der Waals surface area contributed by atoms with Gasteiger partial charge >= 0.3 is 0 Å². The molecule has 5 nitrogen and oxygen atoms in total. The van der Waals surface area contributed by atoms with Crippen LogP contribution in [-0.2, 0) is 6.61 Å². The van der Waals surface area contributed by atoms with Crippen molar-refractivity contribution in [1.82, 2.24) is 4.98 Å². The summed E-state index contributed by atoms with van der Waals surface area (Å²) in [4.78, 5) is 14.7. The van der Waals surface area contributed by atoms with E-state index in [1.54, 1.807) is 20.1 Å². The van der Waals surface area contributed by atoms with Gasteiger partial charge in [0.05, 0.1) is 7.11 Å². The molecule has 0 fully saturated rings. The minimum atomic E-state index is -0.393. The second-order valence-electron chi connectivity index (χ2n) is 5.95. The molecule has 27 heavy (non-hydrogen) atoms. The largest absolute Gasteiger partial charge is 0.496 e. The Morgan fingerprint density at radius 3 is 2.56 bits per heavy atom. The number of benzene rings is 2. The van der Waals surface area contributed by atoms with E-state index in [1.165, 1.54) is 0 Å². The summed E-state index contributed by atoms with van der Waals surface area (Å²) >= 11 is 3.39. The zero-order chi connectivity index (χ0) is 19.4. The number of hydrogen-bond donors (Lipinski definition) is 1. The highest BCUT2D eigenvalue weighted by Gasteiger charge is 2.13. The second kappa shape index (κ2) is 8.11. The van der Waals surface area contributed by atoms with Gasteiger partial charge in [-0.05, 0) is 55.0 Å². The van der Waals surface area contributed by atoms with Gasteiger partial charge in [-0.2, -0.15) is 5.26 Å². The Balaban J connectivity index is 1.98. The van der Waals surface area contributed by atoms with Crippen molar-refractivity contribution >= 4 is 15.9 Å². The maximum Gasteiger partial charge on any atom is 0.266 e. The molecule has 0 bridgehead atoms. The number of ether oxygens (including phenoxy) is 2. The average Bonchev–Trinajstić information content (AvgIpc) is 2.66. The number of pyridine rings is 1. The van der Waals surface area contributed by atoms with Crippen LogP contribution in [0.15, 0.2) is 57.8 Å². The van der Waals surface area contributed by atoms with Crippen molar-refractivity contribution in [3.05, 3.63) is 80.2 Å². The lowest BCUT2D eigenvalue weighted by atomic mass is 9.99. The Bertz CT molecular complexity index is 1070. The molecule has 6 heteroatoms. The van der Waals surface area contributed by atoms with Gasteiger partial charge in [-0.25, -0.2) is 0 Å². The molecule has 0 aliphatic carbocycles. The van der Waals surface area contributed by atoms with Crippen LogP contribution in [0.1, 0.15) is 16.8 Å². The highest BCUT2D eigenvalue weighted by molar-refractivity contribution is 9.10. The first-order chi connectivity index (χ1) is 13.0. The Labute approximate surface area is 165 Å². The minimum Gasteiger partial charge on any atom is -0.496 e. The van der Waals surface area contributed by atoms with Gasteiger partial charge in [0, 0.05) is 21.3 Å². The second-order valence-corrected chi connectivity index (χ2v) is 6.87. The van der Waals surface area contributed by atoms with Gasteiger partial charge in [0.15, 0.2) is 0 Å². The van der Waals surface area contributed by atoms with Crippen LogP contribution in [-0.4, -0.2) is 12.1 Å². The molecule has 136 valence electrons. The van der Waals surface area contributed by atoms with Gasteiger partial charge in [0.2, 0.25) is 0 Å². The van der Waals surface area contributed by atoms with E-state index >= 15 is 0 Å². The SMILES string of the molecule is COc1ccc(-c2cc(C)[nH]c(=O)c2C#N)cc1COc1ccc(Br)cc1. The van der Waals surface area contributed by atoms with Crippen molar-refractivity contribution in [2.24, 2.45) is 0 Å². The van der Waals surface area contributed by atoms with Crippen LogP contribution >= 0.6 is 15.9 Å². The molecule has 0 saturated carbocycles. The quantitative estimate of drug-likeness (QED) is 0.650. The monoisotopic (exact) mass is 424 g/mol. The van der Waals surface area contributed by atoms with Crippen LogP contribution in [0, 0.1) is 18.3 Å². The van der Waals surface area contributed by atoms with Crippen molar-refractivity contribution in [1.29, 1.82) is 5.26 Å². The molecule has 0 atom stereocenters. The Morgan fingerprint density at radius 1 is 1.15 bits per heavy atom. The third kappa shape index (κ3) is 4.21. The number of hydrogen-bond acceptors (Lipinski definition) is 4. The maximum absolute atomic E-state index is 12.1. The van der Waals surface area contributed by atoms with E-state index in [-0.39, 0.29) is 5.56 Å². The first-order valence-electron chi connectivity index (χ1n) is 8.21. The Kier molecular flexibility index (Phi) is 5.63. The van der Waals surface area contributed by atoms with Crippen molar-refractivity contribution in [3.63, 3.8) is 0 Å². The summed E-state index contributed by atoms with van der Waals surface area (Å²) in [6.45, 7) is 2.08. The topological polar surface area (TPSA) is 75.1 Å². The van der Waals surface area contributed by atoms with Crippen LogP contribution in [0.25, 0.3) is 11.1 Å². The predicted octanol–water partition coefficient (Wildman–Crippen LogP) is 4.57. The number of aryl methyl sites for hydroxylation is 1. The molecular weight excluding hydrogens is 408 g/mol. The highest BCUT2D eigenvalue weighted by atomic mass is 79.9. The molecule has 1 aromatic heterocycles. The zero-order valence-corrected chi connectivity index (χ0v) is 16.5. The molecule has 0 aliphatic rings. The molecule has 0 spiro atoms. The third-order valence-electron chi connectivity index (χ3n) is 4.08. The van der Waals surface area contributed by atoms with Crippen LogP contribution in [0.5, 0.6) is 11.5 Å². The fourth-order valence-electron chi connectivity index (χ4n) is 2.78. The smallest absolute Gasteiger partial charge is 0.266 e. The lowest BCUT2D eigenvalue weighted by Gasteiger charge is -2.13. The average molecular weight is 425 g/mol. The molecule has 2 aromatic carbocycles. The number of nitriles is 1. The molecule has 0 radical (unpaired) electrons. The summed E-state index contributed by atoms with van der Waals surface area (Å²) in [5, 5.41) is 9.37. The highest BCUT2D eigenvalue weighted by Crippen LogP contribution is 2.29. The molecule has 0 unspecified atom stereocenters. The number of methoxy groups -OCH3 is 1. The third-order valence-corrected chi connectivity index (χ3v) is 4.61. The van der Waals surface area contributed by atoms with Crippen molar-refractivity contribution < 1.29 is 9.47 Å². The number of aromatic amines is 1. The molecule has 3 rings (SSSR count). The van der Waals surface area contributed by atoms with Crippen LogP contribution in [0.2, 0.25) is 0 Å².